The van der Waals surface area contributed by atoms with Gasteiger partial charge in [-0.1, -0.05) is 0 Å². The topological polar surface area (TPSA) is 59.6 Å². The highest BCUT2D eigenvalue weighted by molar-refractivity contribution is 5.77. The lowest BCUT2D eigenvalue weighted by molar-refractivity contribution is -0.128. The second-order valence-electron chi connectivity index (χ2n) is 5.32. The van der Waals surface area contributed by atoms with Gasteiger partial charge in [0.25, 0.3) is 0 Å². The summed E-state index contributed by atoms with van der Waals surface area (Å²) in [4.78, 5) is 11.6. The molecule has 5 nitrogen and oxygen atoms in total. The fourth-order valence-electron chi connectivity index (χ4n) is 2.21. The average molecular weight is 258 g/mol. The summed E-state index contributed by atoms with van der Waals surface area (Å²) >= 11 is 0. The minimum absolute atomic E-state index is 0.0438. The SMILES string of the molecule is COCC1(CNC(=O)COC(C)C)CCNCC1. The lowest BCUT2D eigenvalue weighted by Crippen LogP contribution is -2.47. The summed E-state index contributed by atoms with van der Waals surface area (Å²) in [7, 11) is 1.72. The van der Waals surface area contributed by atoms with Crippen LogP contribution in [0.15, 0.2) is 0 Å². The first-order valence-electron chi connectivity index (χ1n) is 6.66. The van der Waals surface area contributed by atoms with Crippen LogP contribution in [0.5, 0.6) is 0 Å². The number of carbonyl (C=O) groups excluding carboxylic acids is 1. The number of methoxy groups -OCH3 is 1. The fourth-order valence-corrected chi connectivity index (χ4v) is 2.21. The molecule has 0 aromatic carbocycles. The minimum Gasteiger partial charge on any atom is -0.384 e. The van der Waals surface area contributed by atoms with Gasteiger partial charge in [0.05, 0.1) is 12.7 Å². The van der Waals surface area contributed by atoms with Crippen molar-refractivity contribution in [2.24, 2.45) is 5.41 Å². The van der Waals surface area contributed by atoms with Crippen LogP contribution in [0.3, 0.4) is 0 Å². The molecule has 0 saturated carbocycles. The highest BCUT2D eigenvalue weighted by atomic mass is 16.5. The minimum atomic E-state index is -0.0438. The molecular weight excluding hydrogens is 232 g/mol. The van der Waals surface area contributed by atoms with Gasteiger partial charge < -0.3 is 20.1 Å². The maximum absolute atomic E-state index is 11.6. The molecule has 1 saturated heterocycles. The van der Waals surface area contributed by atoms with Crippen molar-refractivity contribution in [3.63, 3.8) is 0 Å². The third-order valence-electron chi connectivity index (χ3n) is 3.32. The standard InChI is InChI=1S/C13H26N2O3/c1-11(2)18-8-12(16)15-9-13(10-17-3)4-6-14-7-5-13/h11,14H,4-10H2,1-3H3,(H,15,16). The van der Waals surface area contributed by atoms with E-state index in [0.717, 1.165) is 25.9 Å². The Kier molecular flexibility index (Phi) is 6.60. The summed E-state index contributed by atoms with van der Waals surface area (Å²) in [6, 6.07) is 0. The van der Waals surface area contributed by atoms with Crippen molar-refractivity contribution in [3.8, 4) is 0 Å². The molecule has 1 aliphatic rings. The normalized spacial score (nSPS) is 18.9. The number of carbonyl (C=O) groups is 1. The number of piperidine rings is 1. The van der Waals surface area contributed by atoms with E-state index >= 15 is 0 Å². The van der Waals surface area contributed by atoms with E-state index < -0.39 is 0 Å². The molecule has 106 valence electrons. The average Bonchev–Trinajstić information content (AvgIpc) is 2.35. The molecule has 0 bridgehead atoms. The van der Waals surface area contributed by atoms with Gasteiger partial charge in [-0.2, -0.15) is 0 Å². The molecule has 1 fully saturated rings. The number of amides is 1. The smallest absolute Gasteiger partial charge is 0.246 e. The molecule has 1 rings (SSSR count). The molecule has 1 aliphatic heterocycles. The van der Waals surface area contributed by atoms with Crippen LogP contribution < -0.4 is 10.6 Å². The Labute approximate surface area is 110 Å². The first-order chi connectivity index (χ1) is 8.58. The highest BCUT2D eigenvalue weighted by Crippen LogP contribution is 2.28. The van der Waals surface area contributed by atoms with Crippen molar-refractivity contribution in [3.05, 3.63) is 0 Å². The molecule has 1 heterocycles. The molecule has 0 aromatic heterocycles. The van der Waals surface area contributed by atoms with E-state index in [0.29, 0.717) is 13.2 Å². The van der Waals surface area contributed by atoms with Gasteiger partial charge in [-0.25, -0.2) is 0 Å². The van der Waals surface area contributed by atoms with Crippen molar-refractivity contribution in [2.45, 2.75) is 32.8 Å². The van der Waals surface area contributed by atoms with Crippen molar-refractivity contribution < 1.29 is 14.3 Å². The van der Waals surface area contributed by atoms with E-state index in [1.165, 1.54) is 0 Å². The Morgan fingerprint density at radius 1 is 1.39 bits per heavy atom. The van der Waals surface area contributed by atoms with Crippen LogP contribution in [-0.2, 0) is 14.3 Å². The summed E-state index contributed by atoms with van der Waals surface area (Å²) in [6.07, 6.45) is 2.15. The van der Waals surface area contributed by atoms with Crippen LogP contribution in [-0.4, -0.2) is 52.0 Å². The Balaban J connectivity index is 2.34. The second-order valence-corrected chi connectivity index (χ2v) is 5.32. The molecule has 0 aliphatic carbocycles. The van der Waals surface area contributed by atoms with Crippen molar-refractivity contribution in [2.75, 3.05) is 40.0 Å². The summed E-state index contributed by atoms with van der Waals surface area (Å²) < 4.78 is 10.6. The highest BCUT2D eigenvalue weighted by Gasteiger charge is 2.32. The zero-order valence-electron chi connectivity index (χ0n) is 11.8. The number of nitrogens with one attached hydrogen (secondary N) is 2. The number of hydrogen-bond acceptors (Lipinski definition) is 4. The molecule has 1 amide bonds. The molecule has 0 unspecified atom stereocenters. The quantitative estimate of drug-likeness (QED) is 0.700. The van der Waals surface area contributed by atoms with Crippen molar-refractivity contribution >= 4 is 5.91 Å². The molecule has 0 radical (unpaired) electrons. The summed E-state index contributed by atoms with van der Waals surface area (Å²) in [6.45, 7) is 7.32. The first kappa shape index (κ1) is 15.4. The Morgan fingerprint density at radius 2 is 2.06 bits per heavy atom. The Morgan fingerprint density at radius 3 is 2.61 bits per heavy atom. The van der Waals surface area contributed by atoms with Gasteiger partial charge in [0.1, 0.15) is 6.61 Å². The predicted octanol–water partition coefficient (Wildman–Crippen LogP) is 0.544. The van der Waals surface area contributed by atoms with Crippen LogP contribution in [0.25, 0.3) is 0 Å². The summed E-state index contributed by atoms with van der Waals surface area (Å²) in [5.74, 6) is -0.0438. The number of rotatable bonds is 7. The van der Waals surface area contributed by atoms with E-state index in [2.05, 4.69) is 10.6 Å². The Hall–Kier alpha value is -0.650. The van der Waals surface area contributed by atoms with Crippen LogP contribution >= 0.6 is 0 Å². The van der Waals surface area contributed by atoms with E-state index in [4.69, 9.17) is 9.47 Å². The lowest BCUT2D eigenvalue weighted by Gasteiger charge is -2.37. The summed E-state index contributed by atoms with van der Waals surface area (Å²) in [5, 5.41) is 6.29. The Bertz CT molecular complexity index is 245. The molecule has 18 heavy (non-hydrogen) atoms. The van der Waals surface area contributed by atoms with Crippen LogP contribution in [0.2, 0.25) is 0 Å². The maximum Gasteiger partial charge on any atom is 0.246 e. The van der Waals surface area contributed by atoms with Gasteiger partial charge in [-0.05, 0) is 39.8 Å². The van der Waals surface area contributed by atoms with Gasteiger partial charge >= 0.3 is 0 Å². The monoisotopic (exact) mass is 258 g/mol. The van der Waals surface area contributed by atoms with E-state index in [9.17, 15) is 4.79 Å². The van der Waals surface area contributed by atoms with Crippen LogP contribution in [0, 0.1) is 5.41 Å². The van der Waals surface area contributed by atoms with Gasteiger partial charge in [-0.15, -0.1) is 0 Å². The largest absolute Gasteiger partial charge is 0.384 e. The lowest BCUT2D eigenvalue weighted by atomic mass is 9.79. The van der Waals surface area contributed by atoms with Crippen LogP contribution in [0.4, 0.5) is 0 Å². The summed E-state index contributed by atoms with van der Waals surface area (Å²) in [5.41, 5.74) is 0.0769. The molecular formula is C13H26N2O3. The molecule has 2 N–H and O–H groups in total. The van der Waals surface area contributed by atoms with E-state index in [1.54, 1.807) is 7.11 Å². The molecule has 0 aromatic rings. The zero-order valence-corrected chi connectivity index (χ0v) is 11.8. The maximum atomic E-state index is 11.6. The predicted molar refractivity (Wildman–Crippen MR) is 70.5 cm³/mol. The van der Waals surface area contributed by atoms with Gasteiger partial charge in [0, 0.05) is 19.1 Å². The number of hydrogen-bond donors (Lipinski definition) is 2. The van der Waals surface area contributed by atoms with E-state index in [1.807, 2.05) is 13.8 Å². The van der Waals surface area contributed by atoms with Gasteiger partial charge in [0.15, 0.2) is 0 Å². The molecule has 0 atom stereocenters. The molecule has 5 heteroatoms. The van der Waals surface area contributed by atoms with Gasteiger partial charge in [-0.3, -0.25) is 4.79 Å². The third kappa shape index (κ3) is 5.33. The molecule has 0 spiro atoms. The van der Waals surface area contributed by atoms with Crippen LogP contribution in [0.1, 0.15) is 26.7 Å². The number of ether oxygens (including phenoxy) is 2. The zero-order chi connectivity index (χ0) is 13.4. The third-order valence-corrected chi connectivity index (χ3v) is 3.32. The van der Waals surface area contributed by atoms with Gasteiger partial charge in [0.2, 0.25) is 5.91 Å². The fraction of sp³-hybridized carbons (Fsp3) is 0.923. The first-order valence-corrected chi connectivity index (χ1v) is 6.66. The second kappa shape index (κ2) is 7.71. The van der Waals surface area contributed by atoms with E-state index in [-0.39, 0.29) is 24.0 Å². The van der Waals surface area contributed by atoms with Crippen molar-refractivity contribution in [1.82, 2.24) is 10.6 Å². The van der Waals surface area contributed by atoms with Crippen molar-refractivity contribution in [1.29, 1.82) is 0 Å².